The van der Waals surface area contributed by atoms with E-state index < -0.39 is 0 Å². The van der Waals surface area contributed by atoms with Crippen molar-refractivity contribution in [2.75, 3.05) is 5.73 Å². The molecule has 0 radical (unpaired) electrons. The Kier molecular flexibility index (Phi) is 1.77. The summed E-state index contributed by atoms with van der Waals surface area (Å²) in [4.78, 5) is 0. The Hall–Kier alpha value is -1.09. The average molecular weight is 180 g/mol. The van der Waals surface area contributed by atoms with E-state index in [4.69, 9.17) is 11.5 Å². The number of benzene rings is 1. The van der Waals surface area contributed by atoms with Crippen LogP contribution < -0.4 is 11.5 Å². The molecule has 0 unspecified atom stereocenters. The van der Waals surface area contributed by atoms with E-state index >= 15 is 0 Å². The van der Waals surface area contributed by atoms with Gasteiger partial charge >= 0.3 is 0 Å². The Morgan fingerprint density at radius 3 is 2.92 bits per heavy atom. The Bertz CT molecular complexity index is 360. The normalized spacial score (nSPS) is 20.4. The van der Waals surface area contributed by atoms with Gasteiger partial charge in [-0.2, -0.15) is 0 Å². The molecule has 3 heteroatoms. The van der Waals surface area contributed by atoms with E-state index in [1.165, 1.54) is 0 Å². The molecule has 0 saturated heterocycles. The molecule has 70 valence electrons. The van der Waals surface area contributed by atoms with Gasteiger partial charge in [0.1, 0.15) is 0 Å². The molecule has 0 aliphatic heterocycles. The fraction of sp³-hybridized carbons (Fsp3) is 0.400. The summed E-state index contributed by atoms with van der Waals surface area (Å²) >= 11 is 0. The molecule has 0 spiro atoms. The topological polar surface area (TPSA) is 52.0 Å². The van der Waals surface area contributed by atoms with Crippen LogP contribution in [0.2, 0.25) is 0 Å². The third-order valence-electron chi connectivity index (χ3n) is 2.74. The Balaban J connectivity index is 2.70. The highest BCUT2D eigenvalue weighted by atomic mass is 19.1. The molecule has 4 N–H and O–H groups in total. The van der Waals surface area contributed by atoms with Gasteiger partial charge in [-0.3, -0.25) is 0 Å². The van der Waals surface area contributed by atoms with Gasteiger partial charge in [0.2, 0.25) is 0 Å². The van der Waals surface area contributed by atoms with E-state index in [2.05, 4.69) is 0 Å². The standard InChI is InChI=1S/C10H13FN2/c1-5-4-8(13)10(11)9-6(5)2-3-7(9)12/h4,7H,2-3,12-13H2,1H3/t7-/m0/s1. The van der Waals surface area contributed by atoms with Crippen LogP contribution in [0, 0.1) is 12.7 Å². The first-order valence-corrected chi connectivity index (χ1v) is 4.44. The summed E-state index contributed by atoms with van der Waals surface area (Å²) in [7, 11) is 0. The van der Waals surface area contributed by atoms with Crippen LogP contribution in [0.1, 0.15) is 29.2 Å². The monoisotopic (exact) mass is 180 g/mol. The first-order chi connectivity index (χ1) is 6.11. The lowest BCUT2D eigenvalue weighted by Gasteiger charge is -2.10. The van der Waals surface area contributed by atoms with Crippen LogP contribution in [0.3, 0.4) is 0 Å². The molecule has 0 amide bonds. The molecular weight excluding hydrogens is 167 g/mol. The molecule has 1 aromatic rings. The van der Waals surface area contributed by atoms with E-state index in [9.17, 15) is 4.39 Å². The fourth-order valence-corrected chi connectivity index (χ4v) is 2.05. The number of hydrogen-bond acceptors (Lipinski definition) is 2. The molecule has 0 bridgehead atoms. The van der Waals surface area contributed by atoms with E-state index in [1.807, 2.05) is 6.92 Å². The summed E-state index contributed by atoms with van der Waals surface area (Å²) in [5, 5.41) is 0. The first kappa shape index (κ1) is 8.51. The summed E-state index contributed by atoms with van der Waals surface area (Å²) in [6.45, 7) is 1.95. The van der Waals surface area contributed by atoms with Crippen LogP contribution in [0.4, 0.5) is 10.1 Å². The molecule has 2 nitrogen and oxygen atoms in total. The van der Waals surface area contributed by atoms with Crippen molar-refractivity contribution in [1.82, 2.24) is 0 Å². The Morgan fingerprint density at radius 1 is 1.54 bits per heavy atom. The third kappa shape index (κ3) is 1.11. The predicted molar refractivity (Wildman–Crippen MR) is 50.8 cm³/mol. The van der Waals surface area contributed by atoms with Gasteiger partial charge < -0.3 is 11.5 Å². The zero-order chi connectivity index (χ0) is 9.59. The maximum atomic E-state index is 13.5. The van der Waals surface area contributed by atoms with Crippen molar-refractivity contribution in [2.45, 2.75) is 25.8 Å². The molecule has 1 aliphatic carbocycles. The number of hydrogen-bond donors (Lipinski definition) is 2. The highest BCUT2D eigenvalue weighted by molar-refractivity contribution is 5.53. The summed E-state index contributed by atoms with van der Waals surface area (Å²) in [5.41, 5.74) is 14.3. The van der Waals surface area contributed by atoms with Crippen LogP contribution in [0.15, 0.2) is 6.07 Å². The van der Waals surface area contributed by atoms with Crippen molar-refractivity contribution in [3.63, 3.8) is 0 Å². The number of fused-ring (bicyclic) bond motifs is 1. The lowest BCUT2D eigenvalue weighted by molar-refractivity contribution is 0.592. The summed E-state index contributed by atoms with van der Waals surface area (Å²) in [5.74, 6) is -0.314. The van der Waals surface area contributed by atoms with Gasteiger partial charge in [0.05, 0.1) is 5.69 Å². The Morgan fingerprint density at radius 2 is 2.23 bits per heavy atom. The van der Waals surface area contributed by atoms with Crippen molar-refractivity contribution in [3.05, 3.63) is 28.6 Å². The predicted octanol–water partition coefficient (Wildman–Crippen LogP) is 1.66. The van der Waals surface area contributed by atoms with Crippen LogP contribution >= 0.6 is 0 Å². The lowest BCUT2D eigenvalue weighted by atomic mass is 10.0. The fourth-order valence-electron chi connectivity index (χ4n) is 2.05. The molecule has 1 aromatic carbocycles. The molecule has 2 rings (SSSR count). The van der Waals surface area contributed by atoms with Gasteiger partial charge in [0, 0.05) is 11.6 Å². The average Bonchev–Trinajstić information content (AvgIpc) is 2.44. The smallest absolute Gasteiger partial charge is 0.151 e. The summed E-state index contributed by atoms with van der Waals surface area (Å²) < 4.78 is 13.5. The van der Waals surface area contributed by atoms with Crippen molar-refractivity contribution in [2.24, 2.45) is 5.73 Å². The maximum absolute atomic E-state index is 13.5. The van der Waals surface area contributed by atoms with Crippen LogP contribution in [0.25, 0.3) is 0 Å². The SMILES string of the molecule is Cc1cc(N)c(F)c2c1CC[C@@H]2N. The zero-order valence-electron chi connectivity index (χ0n) is 7.60. The van der Waals surface area contributed by atoms with E-state index in [1.54, 1.807) is 6.07 Å². The van der Waals surface area contributed by atoms with Crippen LogP contribution in [0.5, 0.6) is 0 Å². The Labute approximate surface area is 76.7 Å². The molecular formula is C10H13FN2. The molecule has 13 heavy (non-hydrogen) atoms. The van der Waals surface area contributed by atoms with E-state index in [-0.39, 0.29) is 17.5 Å². The van der Waals surface area contributed by atoms with Crippen LogP contribution in [-0.2, 0) is 6.42 Å². The maximum Gasteiger partial charge on any atom is 0.151 e. The van der Waals surface area contributed by atoms with Gasteiger partial charge in [-0.15, -0.1) is 0 Å². The molecule has 0 aromatic heterocycles. The molecule has 0 saturated carbocycles. The second-order valence-electron chi connectivity index (χ2n) is 3.63. The number of halogens is 1. The number of nitrogen functional groups attached to an aromatic ring is 1. The summed E-state index contributed by atoms with van der Waals surface area (Å²) in [6, 6.07) is 1.52. The highest BCUT2D eigenvalue weighted by Gasteiger charge is 2.25. The number of nitrogens with two attached hydrogens (primary N) is 2. The number of anilines is 1. The van der Waals surface area contributed by atoms with Gasteiger partial charge in [-0.25, -0.2) is 4.39 Å². The van der Waals surface area contributed by atoms with Crippen LogP contribution in [-0.4, -0.2) is 0 Å². The number of aryl methyl sites for hydroxylation is 1. The van der Waals surface area contributed by atoms with Crippen molar-refractivity contribution in [1.29, 1.82) is 0 Å². The molecule has 1 atom stereocenters. The van der Waals surface area contributed by atoms with Crippen molar-refractivity contribution >= 4 is 5.69 Å². The van der Waals surface area contributed by atoms with Crippen molar-refractivity contribution in [3.8, 4) is 0 Å². The largest absolute Gasteiger partial charge is 0.396 e. The minimum Gasteiger partial charge on any atom is -0.396 e. The van der Waals surface area contributed by atoms with Gasteiger partial charge in [-0.05, 0) is 37.0 Å². The second kappa shape index (κ2) is 2.70. The third-order valence-corrected chi connectivity index (χ3v) is 2.74. The second-order valence-corrected chi connectivity index (χ2v) is 3.63. The molecule has 0 fully saturated rings. The zero-order valence-corrected chi connectivity index (χ0v) is 7.60. The number of rotatable bonds is 0. The van der Waals surface area contributed by atoms with Gasteiger partial charge in [-0.1, -0.05) is 0 Å². The van der Waals surface area contributed by atoms with E-state index in [0.717, 1.165) is 24.0 Å². The van der Waals surface area contributed by atoms with Crippen molar-refractivity contribution < 1.29 is 4.39 Å². The highest BCUT2D eigenvalue weighted by Crippen LogP contribution is 2.35. The van der Waals surface area contributed by atoms with E-state index in [0.29, 0.717) is 5.56 Å². The lowest BCUT2D eigenvalue weighted by Crippen LogP contribution is -2.09. The van der Waals surface area contributed by atoms with Gasteiger partial charge in [0.25, 0.3) is 0 Å². The quantitative estimate of drug-likeness (QED) is 0.596. The van der Waals surface area contributed by atoms with Gasteiger partial charge in [0.15, 0.2) is 5.82 Å². The minimum atomic E-state index is -0.314. The molecule has 0 heterocycles. The molecule has 1 aliphatic rings. The first-order valence-electron chi connectivity index (χ1n) is 4.44. The minimum absolute atomic E-state index is 0.169. The summed E-state index contributed by atoms with van der Waals surface area (Å²) in [6.07, 6.45) is 1.70.